The number of aliphatic carboxylic acids is 1. The second-order valence-corrected chi connectivity index (χ2v) is 9.22. The van der Waals surface area contributed by atoms with Crippen LogP contribution in [0.15, 0.2) is 18.2 Å². The van der Waals surface area contributed by atoms with Gasteiger partial charge in [0.15, 0.2) is 0 Å². The largest absolute Gasteiger partial charge is 0.493 e. The van der Waals surface area contributed by atoms with Gasteiger partial charge in [-0.15, -0.1) is 0 Å². The number of hydrogen-bond donors (Lipinski definition) is 2. The first-order valence-electron chi connectivity index (χ1n) is 10.9. The summed E-state index contributed by atoms with van der Waals surface area (Å²) in [5, 5.41) is 12.2. The highest BCUT2D eigenvalue weighted by molar-refractivity contribution is 5.94. The van der Waals surface area contributed by atoms with E-state index in [1.165, 1.54) is 38.9 Å². The molecule has 3 aliphatic heterocycles. The fourth-order valence-corrected chi connectivity index (χ4v) is 5.05. The third-order valence-electron chi connectivity index (χ3n) is 7.26. The summed E-state index contributed by atoms with van der Waals surface area (Å²) in [6.45, 7) is 6.33. The summed E-state index contributed by atoms with van der Waals surface area (Å²) in [7, 11) is 0. The number of nitrogens with one attached hydrogen (secondary N) is 1. The van der Waals surface area contributed by atoms with Crippen LogP contribution >= 0.6 is 0 Å². The molecule has 2 N–H and O–H groups in total. The minimum absolute atomic E-state index is 0.0607. The molecule has 4 fully saturated rings. The highest BCUT2D eigenvalue weighted by Crippen LogP contribution is 2.40. The van der Waals surface area contributed by atoms with Crippen LogP contribution in [0.3, 0.4) is 0 Å². The topological polar surface area (TPSA) is 78.9 Å². The van der Waals surface area contributed by atoms with Crippen molar-refractivity contribution in [1.82, 2.24) is 10.2 Å². The van der Waals surface area contributed by atoms with E-state index in [2.05, 4.69) is 10.2 Å². The Bertz CT molecular complexity index is 748. The van der Waals surface area contributed by atoms with Gasteiger partial charge in [0.05, 0.1) is 12.5 Å². The number of piperidine rings is 3. The molecule has 1 aromatic carbocycles. The highest BCUT2D eigenvalue weighted by Gasteiger charge is 2.40. The average Bonchev–Trinajstić information content (AvgIpc) is 2.74. The first-order valence-corrected chi connectivity index (χ1v) is 10.9. The zero-order valence-corrected chi connectivity index (χ0v) is 17.3. The summed E-state index contributed by atoms with van der Waals surface area (Å²) in [6.07, 6.45) is 6.37. The first kappa shape index (κ1) is 20.2. The Hall–Kier alpha value is -2.08. The minimum Gasteiger partial charge on any atom is -0.493 e. The number of carbonyl (C=O) groups is 2. The lowest BCUT2D eigenvalue weighted by Gasteiger charge is -2.48. The molecule has 0 radical (unpaired) electrons. The summed E-state index contributed by atoms with van der Waals surface area (Å²) in [6, 6.07) is 5.71. The van der Waals surface area contributed by atoms with Crippen LogP contribution in [0.5, 0.6) is 5.75 Å². The van der Waals surface area contributed by atoms with Gasteiger partial charge in [0.1, 0.15) is 5.75 Å². The second kappa shape index (κ2) is 8.34. The number of hydrogen-bond acceptors (Lipinski definition) is 4. The number of fused-ring (bicyclic) bond motifs is 3. The SMILES string of the molecule is Cc1cc(C(=O)NC2CCC(C(=O)O)CC2)ccc1OCC12CCN(CC1)CC2. The monoisotopic (exact) mass is 400 g/mol. The maximum Gasteiger partial charge on any atom is 0.306 e. The van der Waals surface area contributed by atoms with E-state index in [1.54, 1.807) is 0 Å². The van der Waals surface area contributed by atoms with Gasteiger partial charge in [-0.25, -0.2) is 0 Å². The quantitative estimate of drug-likeness (QED) is 0.766. The van der Waals surface area contributed by atoms with E-state index in [-0.39, 0.29) is 17.9 Å². The Morgan fingerprint density at radius 3 is 2.38 bits per heavy atom. The van der Waals surface area contributed by atoms with E-state index >= 15 is 0 Å². The summed E-state index contributed by atoms with van der Waals surface area (Å²) in [5.74, 6) is -0.209. The van der Waals surface area contributed by atoms with E-state index in [4.69, 9.17) is 9.84 Å². The van der Waals surface area contributed by atoms with E-state index in [0.717, 1.165) is 30.8 Å². The molecular formula is C23H32N2O4. The van der Waals surface area contributed by atoms with Gasteiger partial charge >= 0.3 is 5.97 Å². The van der Waals surface area contributed by atoms with Crippen molar-refractivity contribution < 1.29 is 19.4 Å². The smallest absolute Gasteiger partial charge is 0.306 e. The molecule has 1 saturated carbocycles. The lowest BCUT2D eigenvalue weighted by molar-refractivity contribution is -0.142. The third kappa shape index (κ3) is 4.58. The van der Waals surface area contributed by atoms with Gasteiger partial charge in [-0.1, -0.05) is 0 Å². The van der Waals surface area contributed by atoms with Crippen molar-refractivity contribution in [2.24, 2.45) is 11.3 Å². The molecule has 1 aliphatic carbocycles. The zero-order valence-electron chi connectivity index (χ0n) is 17.3. The van der Waals surface area contributed by atoms with Crippen LogP contribution in [0.1, 0.15) is 60.9 Å². The normalized spacial score (nSPS) is 31.3. The summed E-state index contributed by atoms with van der Waals surface area (Å²) in [5.41, 5.74) is 1.95. The molecule has 3 heterocycles. The molecule has 1 aromatic rings. The number of ether oxygens (including phenoxy) is 1. The molecule has 1 amide bonds. The fourth-order valence-electron chi connectivity index (χ4n) is 5.05. The maximum atomic E-state index is 12.6. The number of carbonyl (C=O) groups excluding carboxylic acids is 1. The third-order valence-corrected chi connectivity index (χ3v) is 7.26. The minimum atomic E-state index is -0.723. The van der Waals surface area contributed by atoms with Crippen LogP contribution in [0.2, 0.25) is 0 Å². The number of carboxylic acid groups (broad SMARTS) is 1. The number of benzene rings is 1. The molecule has 0 unspecified atom stereocenters. The molecule has 4 aliphatic rings. The van der Waals surface area contributed by atoms with E-state index in [1.807, 2.05) is 25.1 Å². The van der Waals surface area contributed by atoms with Crippen LogP contribution in [-0.4, -0.2) is 54.2 Å². The highest BCUT2D eigenvalue weighted by atomic mass is 16.5. The molecule has 0 aromatic heterocycles. The molecule has 3 saturated heterocycles. The van der Waals surface area contributed by atoms with Gasteiger partial charge in [0.2, 0.25) is 0 Å². The molecule has 6 nitrogen and oxygen atoms in total. The first-order chi connectivity index (χ1) is 13.9. The molecule has 158 valence electrons. The zero-order chi connectivity index (χ0) is 20.4. The van der Waals surface area contributed by atoms with Gasteiger partial charge in [-0.05, 0) is 95.3 Å². The van der Waals surface area contributed by atoms with Gasteiger partial charge < -0.3 is 20.1 Å². The van der Waals surface area contributed by atoms with E-state index < -0.39 is 5.97 Å². The van der Waals surface area contributed by atoms with Gasteiger partial charge in [-0.3, -0.25) is 9.59 Å². The lowest BCUT2D eigenvalue weighted by Crippen LogP contribution is -2.50. The van der Waals surface area contributed by atoms with Crippen molar-refractivity contribution in [1.29, 1.82) is 0 Å². The number of rotatable bonds is 6. The summed E-state index contributed by atoms with van der Waals surface area (Å²) >= 11 is 0. The number of nitrogens with zero attached hydrogens (tertiary/aromatic N) is 1. The fraction of sp³-hybridized carbons (Fsp3) is 0.652. The number of aryl methyl sites for hydroxylation is 1. The van der Waals surface area contributed by atoms with Crippen LogP contribution in [-0.2, 0) is 4.79 Å². The standard InChI is InChI=1S/C23H32N2O4/c1-16-14-18(21(26)24-19-5-2-17(3-6-19)22(27)28)4-7-20(16)29-15-23-8-11-25(12-9-23)13-10-23/h4,7,14,17,19H,2-3,5-6,8-13,15H2,1H3,(H,24,26)(H,27,28). The van der Waals surface area contributed by atoms with Crippen molar-refractivity contribution in [3.63, 3.8) is 0 Å². The van der Waals surface area contributed by atoms with Crippen molar-refractivity contribution in [2.45, 2.75) is 57.9 Å². The Morgan fingerprint density at radius 1 is 1.14 bits per heavy atom. The van der Waals surface area contributed by atoms with Crippen LogP contribution < -0.4 is 10.1 Å². The Labute approximate surface area is 172 Å². The molecule has 6 heteroatoms. The lowest BCUT2D eigenvalue weighted by atomic mass is 9.73. The second-order valence-electron chi connectivity index (χ2n) is 9.22. The van der Waals surface area contributed by atoms with Crippen molar-refractivity contribution in [3.8, 4) is 5.75 Å². The average molecular weight is 401 g/mol. The Kier molecular flexibility index (Phi) is 5.81. The molecular weight excluding hydrogens is 368 g/mol. The molecule has 2 bridgehead atoms. The number of carboxylic acids is 1. The van der Waals surface area contributed by atoms with Gasteiger partial charge in [-0.2, -0.15) is 0 Å². The van der Waals surface area contributed by atoms with Crippen LogP contribution in [0, 0.1) is 18.3 Å². The maximum absolute atomic E-state index is 12.6. The summed E-state index contributed by atoms with van der Waals surface area (Å²) < 4.78 is 6.21. The Balaban J connectivity index is 1.31. The molecule has 5 rings (SSSR count). The summed E-state index contributed by atoms with van der Waals surface area (Å²) in [4.78, 5) is 26.2. The molecule has 0 spiro atoms. The molecule has 0 atom stereocenters. The van der Waals surface area contributed by atoms with Crippen molar-refractivity contribution in [3.05, 3.63) is 29.3 Å². The van der Waals surface area contributed by atoms with E-state index in [0.29, 0.717) is 23.8 Å². The van der Waals surface area contributed by atoms with Gasteiger partial charge in [0, 0.05) is 17.0 Å². The van der Waals surface area contributed by atoms with Gasteiger partial charge in [0.25, 0.3) is 5.91 Å². The van der Waals surface area contributed by atoms with Crippen molar-refractivity contribution in [2.75, 3.05) is 26.2 Å². The van der Waals surface area contributed by atoms with Crippen molar-refractivity contribution >= 4 is 11.9 Å². The Morgan fingerprint density at radius 2 is 1.79 bits per heavy atom. The van der Waals surface area contributed by atoms with Crippen LogP contribution in [0.25, 0.3) is 0 Å². The van der Waals surface area contributed by atoms with E-state index in [9.17, 15) is 9.59 Å². The van der Waals surface area contributed by atoms with Crippen LogP contribution in [0.4, 0.5) is 0 Å². The predicted octanol–water partition coefficient (Wildman–Crippen LogP) is 3.23. The predicted molar refractivity (Wildman–Crippen MR) is 110 cm³/mol. The number of amides is 1. The molecule has 29 heavy (non-hydrogen) atoms.